The summed E-state index contributed by atoms with van der Waals surface area (Å²) in [6.45, 7) is 6.53. The zero-order valence-corrected chi connectivity index (χ0v) is 20.4. The van der Waals surface area contributed by atoms with Gasteiger partial charge in [-0.2, -0.15) is 4.98 Å². The number of hydrogen-bond acceptors (Lipinski definition) is 10. The predicted octanol–water partition coefficient (Wildman–Crippen LogP) is 3.71. The van der Waals surface area contributed by atoms with E-state index < -0.39 is 0 Å². The van der Waals surface area contributed by atoms with Crippen LogP contribution in [0.2, 0.25) is 0 Å². The number of nitrogens with zero attached hydrogens (tertiary/aromatic N) is 5. The van der Waals surface area contributed by atoms with E-state index in [2.05, 4.69) is 30.4 Å². The van der Waals surface area contributed by atoms with Gasteiger partial charge < -0.3 is 19.7 Å². The third-order valence-electron chi connectivity index (χ3n) is 6.36. The molecule has 2 atom stereocenters. The minimum Gasteiger partial charge on any atom is -0.492 e. The predicted molar refractivity (Wildman–Crippen MR) is 129 cm³/mol. The van der Waals surface area contributed by atoms with Gasteiger partial charge in [-0.05, 0) is 44.2 Å². The molecule has 0 saturated heterocycles. The Morgan fingerprint density at radius 1 is 1.26 bits per heavy atom. The van der Waals surface area contributed by atoms with E-state index in [0.717, 1.165) is 42.8 Å². The van der Waals surface area contributed by atoms with Crippen LogP contribution in [-0.4, -0.2) is 49.2 Å². The number of pyridine rings is 1. The lowest BCUT2D eigenvalue weighted by Crippen LogP contribution is -2.27. The monoisotopic (exact) mass is 480 g/mol. The van der Waals surface area contributed by atoms with Crippen molar-refractivity contribution < 1.29 is 19.2 Å². The number of carbonyl (C=O) groups excluding carboxylic acids is 1. The average Bonchev–Trinajstić information content (AvgIpc) is 3.26. The molecule has 0 aliphatic heterocycles. The maximum atomic E-state index is 11.8. The lowest BCUT2D eigenvalue weighted by molar-refractivity contribution is -0.127. The molecular weight excluding hydrogens is 448 g/mol. The zero-order chi connectivity index (χ0) is 24.8. The summed E-state index contributed by atoms with van der Waals surface area (Å²) < 4.78 is 11.5. The Morgan fingerprint density at radius 2 is 2.11 bits per heavy atom. The van der Waals surface area contributed by atoms with Gasteiger partial charge in [-0.15, -0.1) is 0 Å². The first-order chi connectivity index (χ1) is 16.9. The molecule has 1 aliphatic rings. The molecule has 10 nitrogen and oxygen atoms in total. The highest BCUT2D eigenvalue weighted by Gasteiger charge is 2.27. The number of aliphatic hydroxyl groups excluding tert-OH is 1. The van der Waals surface area contributed by atoms with Crippen LogP contribution in [0.25, 0.3) is 11.5 Å². The van der Waals surface area contributed by atoms with E-state index in [9.17, 15) is 4.79 Å². The van der Waals surface area contributed by atoms with Gasteiger partial charge in [-0.25, -0.2) is 15.0 Å². The Morgan fingerprint density at radius 3 is 2.86 bits per heavy atom. The molecule has 10 heteroatoms. The average molecular weight is 481 g/mol. The molecule has 0 spiro atoms. The van der Waals surface area contributed by atoms with Crippen LogP contribution in [0.15, 0.2) is 29.2 Å². The highest BCUT2D eigenvalue weighted by molar-refractivity contribution is 5.82. The fourth-order valence-corrected chi connectivity index (χ4v) is 4.32. The molecule has 3 aromatic heterocycles. The first-order valence-corrected chi connectivity index (χ1v) is 12.0. The highest BCUT2D eigenvalue weighted by Crippen LogP contribution is 2.31. The van der Waals surface area contributed by atoms with Crippen LogP contribution in [0.1, 0.15) is 62.5 Å². The summed E-state index contributed by atoms with van der Waals surface area (Å²) >= 11 is 0. The van der Waals surface area contributed by atoms with E-state index in [4.69, 9.17) is 14.4 Å². The number of rotatable bonds is 10. The summed E-state index contributed by atoms with van der Waals surface area (Å²) in [5.41, 5.74) is 2.29. The summed E-state index contributed by atoms with van der Waals surface area (Å²) in [5.74, 6) is 2.85. The number of carbonyl (C=O) groups is 1. The van der Waals surface area contributed by atoms with Crippen molar-refractivity contribution in [2.75, 3.05) is 18.5 Å². The Balaban J connectivity index is 1.37. The van der Waals surface area contributed by atoms with Gasteiger partial charge in [0.05, 0.1) is 18.5 Å². The van der Waals surface area contributed by atoms with Crippen LogP contribution in [-0.2, 0) is 11.3 Å². The van der Waals surface area contributed by atoms with Crippen molar-refractivity contribution in [3.8, 4) is 17.2 Å². The van der Waals surface area contributed by atoms with E-state index in [0.29, 0.717) is 42.2 Å². The second-order valence-electron chi connectivity index (χ2n) is 9.30. The van der Waals surface area contributed by atoms with Gasteiger partial charge in [0.25, 0.3) is 0 Å². The summed E-state index contributed by atoms with van der Waals surface area (Å²) in [6.07, 6.45) is 6.79. The fourth-order valence-electron chi connectivity index (χ4n) is 4.32. The standard InChI is InChI=1S/C25H32N6O4/c1-15(2)24-28-14-29-25(30-24)27-11-20-16(3)31-35-23(20)21-8-7-19(10-26-21)34-13-17-5-4-6-18(9-17)22(33)12-32/h7-8,10,14-15,17-18,32H,4-6,9,11-13H2,1-3H3,(H,27,28,29,30)/t17-,18?/m0/s1. The van der Waals surface area contributed by atoms with Crippen molar-refractivity contribution in [3.63, 3.8) is 0 Å². The van der Waals surface area contributed by atoms with Gasteiger partial charge in [0.15, 0.2) is 11.5 Å². The number of ether oxygens (including phenoxy) is 1. The number of Topliss-reactive ketones (excluding diaryl/α,β-unsaturated/α-hetero) is 1. The molecule has 0 bridgehead atoms. The van der Waals surface area contributed by atoms with Gasteiger partial charge >= 0.3 is 0 Å². The molecular formula is C25H32N6O4. The number of aryl methyl sites for hydroxylation is 1. The number of ketones is 1. The van der Waals surface area contributed by atoms with Gasteiger partial charge in [0, 0.05) is 23.9 Å². The Labute approximate surface area is 204 Å². The number of aromatic nitrogens is 5. The van der Waals surface area contributed by atoms with Crippen molar-refractivity contribution in [2.45, 2.75) is 58.9 Å². The van der Waals surface area contributed by atoms with E-state index >= 15 is 0 Å². The van der Waals surface area contributed by atoms with Crippen molar-refractivity contribution in [2.24, 2.45) is 11.8 Å². The number of anilines is 1. The summed E-state index contributed by atoms with van der Waals surface area (Å²) in [7, 11) is 0. The lowest BCUT2D eigenvalue weighted by Gasteiger charge is -2.27. The molecule has 186 valence electrons. The molecule has 2 N–H and O–H groups in total. The molecule has 0 aromatic carbocycles. The molecule has 0 radical (unpaired) electrons. The van der Waals surface area contributed by atoms with Crippen molar-refractivity contribution in [1.82, 2.24) is 25.1 Å². The first kappa shape index (κ1) is 24.7. The number of aliphatic hydroxyl groups is 1. The number of nitrogens with one attached hydrogen (secondary N) is 1. The molecule has 3 aromatic rings. The molecule has 1 unspecified atom stereocenters. The maximum absolute atomic E-state index is 11.8. The molecule has 35 heavy (non-hydrogen) atoms. The lowest BCUT2D eigenvalue weighted by atomic mass is 9.80. The summed E-state index contributed by atoms with van der Waals surface area (Å²) in [6, 6.07) is 3.70. The van der Waals surface area contributed by atoms with Crippen LogP contribution in [0.5, 0.6) is 5.75 Å². The Hall–Kier alpha value is -3.40. The van der Waals surface area contributed by atoms with Gasteiger partial charge in [-0.3, -0.25) is 4.79 Å². The molecule has 1 aliphatic carbocycles. The number of hydrogen-bond donors (Lipinski definition) is 2. The maximum Gasteiger partial charge on any atom is 0.226 e. The highest BCUT2D eigenvalue weighted by atomic mass is 16.5. The van der Waals surface area contributed by atoms with Crippen molar-refractivity contribution >= 4 is 11.7 Å². The van der Waals surface area contributed by atoms with Crippen LogP contribution < -0.4 is 10.1 Å². The van der Waals surface area contributed by atoms with E-state index in [1.807, 2.05) is 32.9 Å². The first-order valence-electron chi connectivity index (χ1n) is 12.0. The van der Waals surface area contributed by atoms with Gasteiger partial charge in [0.2, 0.25) is 5.95 Å². The van der Waals surface area contributed by atoms with E-state index in [1.54, 1.807) is 6.20 Å². The fraction of sp³-hybridized carbons (Fsp3) is 0.520. The van der Waals surface area contributed by atoms with Crippen LogP contribution in [0.4, 0.5) is 5.95 Å². The third kappa shape index (κ3) is 6.19. The quantitative estimate of drug-likeness (QED) is 0.442. The van der Waals surface area contributed by atoms with E-state index in [1.165, 1.54) is 6.33 Å². The normalized spacial score (nSPS) is 18.0. The Bertz CT molecular complexity index is 1130. The van der Waals surface area contributed by atoms with E-state index in [-0.39, 0.29) is 24.2 Å². The largest absolute Gasteiger partial charge is 0.492 e. The smallest absolute Gasteiger partial charge is 0.226 e. The Kier molecular flexibility index (Phi) is 8.02. The minimum absolute atomic E-state index is 0.0564. The second kappa shape index (κ2) is 11.4. The van der Waals surface area contributed by atoms with Crippen LogP contribution in [0.3, 0.4) is 0 Å². The SMILES string of the molecule is Cc1noc(-c2ccc(OC[C@H]3CCCC(C(=O)CO)C3)cn2)c1CNc1ncnc(C(C)C)n1. The van der Waals surface area contributed by atoms with Gasteiger partial charge in [-0.1, -0.05) is 25.4 Å². The van der Waals surface area contributed by atoms with Crippen LogP contribution >= 0.6 is 0 Å². The van der Waals surface area contributed by atoms with Crippen LogP contribution in [0, 0.1) is 18.8 Å². The summed E-state index contributed by atoms with van der Waals surface area (Å²) in [4.78, 5) is 29.2. The van der Waals surface area contributed by atoms with Crippen molar-refractivity contribution in [1.29, 1.82) is 0 Å². The minimum atomic E-state index is -0.378. The molecule has 3 heterocycles. The second-order valence-corrected chi connectivity index (χ2v) is 9.30. The molecule has 0 amide bonds. The topological polar surface area (TPSA) is 136 Å². The molecule has 1 fully saturated rings. The van der Waals surface area contributed by atoms with Crippen molar-refractivity contribution in [3.05, 3.63) is 41.7 Å². The molecule has 1 saturated carbocycles. The summed E-state index contributed by atoms with van der Waals surface area (Å²) in [5, 5.41) is 16.5. The zero-order valence-electron chi connectivity index (χ0n) is 20.4. The molecule has 4 rings (SSSR count). The third-order valence-corrected chi connectivity index (χ3v) is 6.36. The van der Waals surface area contributed by atoms with Gasteiger partial charge in [0.1, 0.15) is 30.2 Å².